The minimum absolute atomic E-state index is 0.144. The van der Waals surface area contributed by atoms with E-state index < -0.39 is 0 Å². The Morgan fingerprint density at radius 1 is 1.15 bits per heavy atom. The van der Waals surface area contributed by atoms with E-state index in [1.165, 1.54) is 0 Å². The van der Waals surface area contributed by atoms with Gasteiger partial charge in [-0.3, -0.25) is 0 Å². The van der Waals surface area contributed by atoms with Crippen LogP contribution < -0.4 is 10.5 Å². The number of phenols is 1. The van der Waals surface area contributed by atoms with Crippen LogP contribution in [0.2, 0.25) is 0 Å². The number of fused-ring (bicyclic) bond motifs is 1. The van der Waals surface area contributed by atoms with Crippen molar-refractivity contribution in [3.63, 3.8) is 0 Å². The van der Waals surface area contributed by atoms with Crippen molar-refractivity contribution in [1.29, 1.82) is 0 Å². The summed E-state index contributed by atoms with van der Waals surface area (Å²) in [6, 6.07) is 14.8. The van der Waals surface area contributed by atoms with Crippen LogP contribution in [0.4, 0.5) is 5.69 Å². The van der Waals surface area contributed by atoms with Gasteiger partial charge in [-0.15, -0.1) is 0 Å². The van der Waals surface area contributed by atoms with Crippen LogP contribution >= 0.6 is 0 Å². The molecule has 0 amide bonds. The highest BCUT2D eigenvalue weighted by Crippen LogP contribution is 2.28. The Bertz CT molecular complexity index is 762. The Hall–Kier alpha value is -2.62. The van der Waals surface area contributed by atoms with Gasteiger partial charge >= 0.3 is 0 Å². The van der Waals surface area contributed by atoms with Crippen LogP contribution in [0.5, 0.6) is 11.5 Å². The second kappa shape index (κ2) is 4.81. The third-order valence-corrected chi connectivity index (χ3v) is 3.46. The van der Waals surface area contributed by atoms with Gasteiger partial charge in [-0.05, 0) is 30.3 Å². The summed E-state index contributed by atoms with van der Waals surface area (Å²) >= 11 is 0. The molecule has 4 heteroatoms. The zero-order chi connectivity index (χ0) is 14.1. The zero-order valence-corrected chi connectivity index (χ0v) is 11.2. The maximum atomic E-state index is 9.69. The third kappa shape index (κ3) is 2.05. The summed E-state index contributed by atoms with van der Waals surface area (Å²) in [5, 5.41) is 10.7. The van der Waals surface area contributed by atoms with E-state index in [9.17, 15) is 5.11 Å². The van der Waals surface area contributed by atoms with Gasteiger partial charge in [0.05, 0.1) is 11.2 Å². The summed E-state index contributed by atoms with van der Waals surface area (Å²) in [4.78, 5) is 0. The maximum absolute atomic E-state index is 9.69. The van der Waals surface area contributed by atoms with E-state index in [-0.39, 0.29) is 5.75 Å². The van der Waals surface area contributed by atoms with Crippen LogP contribution in [0.25, 0.3) is 10.9 Å². The van der Waals surface area contributed by atoms with Crippen molar-refractivity contribution in [3.8, 4) is 11.5 Å². The molecule has 1 aromatic heterocycles. The second-order valence-corrected chi connectivity index (χ2v) is 4.73. The van der Waals surface area contributed by atoms with Gasteiger partial charge < -0.3 is 20.1 Å². The number of rotatable bonds is 3. The number of para-hydroxylation sites is 2. The number of hydrogen-bond donors (Lipinski definition) is 2. The fourth-order valence-electron chi connectivity index (χ4n) is 2.31. The van der Waals surface area contributed by atoms with Gasteiger partial charge in [0.25, 0.3) is 0 Å². The highest BCUT2D eigenvalue weighted by molar-refractivity contribution is 5.92. The number of nitrogens with two attached hydrogens (primary N) is 1. The van der Waals surface area contributed by atoms with Crippen molar-refractivity contribution in [2.24, 2.45) is 7.05 Å². The Balaban J connectivity index is 1.90. The normalized spacial score (nSPS) is 10.8. The van der Waals surface area contributed by atoms with Crippen LogP contribution in [-0.4, -0.2) is 9.67 Å². The average molecular weight is 268 g/mol. The quantitative estimate of drug-likeness (QED) is 0.718. The van der Waals surface area contributed by atoms with Crippen LogP contribution in [0, 0.1) is 0 Å². The van der Waals surface area contributed by atoms with Crippen molar-refractivity contribution >= 4 is 16.6 Å². The molecule has 2 aromatic carbocycles. The molecule has 3 aromatic rings. The summed E-state index contributed by atoms with van der Waals surface area (Å²) < 4.78 is 7.71. The third-order valence-electron chi connectivity index (χ3n) is 3.46. The first-order valence-electron chi connectivity index (χ1n) is 6.40. The molecule has 0 bridgehead atoms. The van der Waals surface area contributed by atoms with E-state index in [1.54, 1.807) is 18.2 Å². The molecular formula is C16H16N2O2. The van der Waals surface area contributed by atoms with E-state index in [0.29, 0.717) is 12.4 Å². The SMILES string of the molecule is Cn1c(COc2ccccc2O)cc2c(N)cccc21. The number of aromatic nitrogens is 1. The highest BCUT2D eigenvalue weighted by atomic mass is 16.5. The Morgan fingerprint density at radius 2 is 1.95 bits per heavy atom. The molecule has 0 fully saturated rings. The minimum atomic E-state index is 0.144. The molecule has 102 valence electrons. The van der Waals surface area contributed by atoms with Crippen molar-refractivity contribution in [2.75, 3.05) is 5.73 Å². The van der Waals surface area contributed by atoms with E-state index in [0.717, 1.165) is 22.3 Å². The van der Waals surface area contributed by atoms with Crippen molar-refractivity contribution in [3.05, 3.63) is 54.2 Å². The van der Waals surface area contributed by atoms with E-state index in [1.807, 2.05) is 41.9 Å². The highest BCUT2D eigenvalue weighted by Gasteiger charge is 2.09. The van der Waals surface area contributed by atoms with Gasteiger partial charge in [0.1, 0.15) is 6.61 Å². The fraction of sp³-hybridized carbons (Fsp3) is 0.125. The zero-order valence-electron chi connectivity index (χ0n) is 11.2. The molecule has 0 saturated heterocycles. The molecule has 0 aliphatic carbocycles. The number of nitrogens with zero attached hydrogens (tertiary/aromatic N) is 1. The summed E-state index contributed by atoms with van der Waals surface area (Å²) in [5.41, 5.74) is 8.80. The first kappa shape index (κ1) is 12.4. The smallest absolute Gasteiger partial charge is 0.161 e. The molecule has 0 atom stereocenters. The lowest BCUT2D eigenvalue weighted by Crippen LogP contribution is -2.01. The van der Waals surface area contributed by atoms with E-state index in [4.69, 9.17) is 10.5 Å². The predicted molar refractivity (Wildman–Crippen MR) is 79.8 cm³/mol. The molecule has 0 saturated carbocycles. The number of aromatic hydroxyl groups is 1. The van der Waals surface area contributed by atoms with E-state index in [2.05, 4.69) is 0 Å². The summed E-state index contributed by atoms with van der Waals surface area (Å²) in [7, 11) is 1.98. The van der Waals surface area contributed by atoms with Crippen molar-refractivity contribution < 1.29 is 9.84 Å². The lowest BCUT2D eigenvalue weighted by molar-refractivity contribution is 0.282. The second-order valence-electron chi connectivity index (χ2n) is 4.73. The molecule has 3 rings (SSSR count). The first-order chi connectivity index (χ1) is 9.66. The van der Waals surface area contributed by atoms with Gasteiger partial charge in [-0.1, -0.05) is 18.2 Å². The van der Waals surface area contributed by atoms with Crippen molar-refractivity contribution in [2.45, 2.75) is 6.61 Å². The number of nitrogen functional groups attached to an aromatic ring is 1. The molecule has 20 heavy (non-hydrogen) atoms. The Kier molecular flexibility index (Phi) is 2.99. The lowest BCUT2D eigenvalue weighted by Gasteiger charge is -2.08. The standard InChI is InChI=1S/C16H16N2O2/c1-18-11(9-12-13(17)5-4-6-14(12)18)10-20-16-8-3-2-7-15(16)19/h2-9,19H,10,17H2,1H3. The Labute approximate surface area is 117 Å². The minimum Gasteiger partial charge on any atom is -0.504 e. The molecular weight excluding hydrogens is 252 g/mol. The van der Waals surface area contributed by atoms with Gasteiger partial charge in [0.15, 0.2) is 11.5 Å². The molecule has 0 spiro atoms. The average Bonchev–Trinajstić information content (AvgIpc) is 2.77. The van der Waals surface area contributed by atoms with Crippen LogP contribution in [0.1, 0.15) is 5.69 Å². The van der Waals surface area contributed by atoms with E-state index >= 15 is 0 Å². The number of aryl methyl sites for hydroxylation is 1. The van der Waals surface area contributed by atoms with Crippen molar-refractivity contribution in [1.82, 2.24) is 4.57 Å². The molecule has 0 unspecified atom stereocenters. The fourth-order valence-corrected chi connectivity index (χ4v) is 2.31. The van der Waals surface area contributed by atoms with Gasteiger partial charge in [0, 0.05) is 18.1 Å². The van der Waals surface area contributed by atoms with Gasteiger partial charge in [0.2, 0.25) is 0 Å². The number of ether oxygens (including phenoxy) is 1. The number of hydrogen-bond acceptors (Lipinski definition) is 3. The molecule has 0 radical (unpaired) electrons. The van der Waals surface area contributed by atoms with Crippen LogP contribution in [-0.2, 0) is 13.7 Å². The molecule has 3 N–H and O–H groups in total. The predicted octanol–water partition coefficient (Wildman–Crippen LogP) is 3.05. The Morgan fingerprint density at radius 3 is 2.70 bits per heavy atom. The number of anilines is 1. The van der Waals surface area contributed by atoms with Gasteiger partial charge in [-0.2, -0.15) is 0 Å². The van der Waals surface area contributed by atoms with Crippen LogP contribution in [0.15, 0.2) is 48.5 Å². The molecule has 1 heterocycles. The maximum Gasteiger partial charge on any atom is 0.161 e. The first-order valence-corrected chi connectivity index (χ1v) is 6.40. The number of benzene rings is 2. The summed E-state index contributed by atoms with van der Waals surface area (Å²) in [5.74, 6) is 0.622. The molecule has 0 aliphatic rings. The topological polar surface area (TPSA) is 60.4 Å². The molecule has 0 aliphatic heterocycles. The van der Waals surface area contributed by atoms with Gasteiger partial charge in [-0.25, -0.2) is 0 Å². The van der Waals surface area contributed by atoms with Crippen LogP contribution in [0.3, 0.4) is 0 Å². The largest absolute Gasteiger partial charge is 0.504 e. The summed E-state index contributed by atoms with van der Waals surface area (Å²) in [6.45, 7) is 0.377. The number of phenolic OH excluding ortho intramolecular Hbond substituents is 1. The lowest BCUT2D eigenvalue weighted by atomic mass is 10.2. The molecule has 4 nitrogen and oxygen atoms in total. The monoisotopic (exact) mass is 268 g/mol. The summed E-state index contributed by atoms with van der Waals surface area (Å²) in [6.07, 6.45) is 0.